The molecule has 0 saturated heterocycles. The number of amides is 1. The van der Waals surface area contributed by atoms with Crippen molar-refractivity contribution in [3.8, 4) is 0 Å². The normalized spacial score (nSPS) is 19.8. The molecule has 1 N–H and O–H groups in total. The average molecular weight is 358 g/mol. The van der Waals surface area contributed by atoms with Crippen LogP contribution in [0.5, 0.6) is 0 Å². The zero-order valence-electron chi connectivity index (χ0n) is 14.1. The quantitative estimate of drug-likeness (QED) is 0.857. The maximum atomic E-state index is 12.9. The van der Waals surface area contributed by atoms with Gasteiger partial charge in [0.05, 0.1) is 10.6 Å². The highest BCUT2D eigenvalue weighted by atomic mass is 32.2. The summed E-state index contributed by atoms with van der Waals surface area (Å²) >= 11 is 0. The van der Waals surface area contributed by atoms with Gasteiger partial charge in [-0.3, -0.25) is 9.10 Å². The van der Waals surface area contributed by atoms with Crippen LogP contribution >= 0.6 is 0 Å². The molecule has 1 aliphatic heterocycles. The molecule has 2 aromatic carbocycles. The van der Waals surface area contributed by atoms with Gasteiger partial charge in [-0.2, -0.15) is 0 Å². The Morgan fingerprint density at radius 3 is 2.44 bits per heavy atom. The molecule has 2 aromatic rings. The summed E-state index contributed by atoms with van der Waals surface area (Å²) in [6.07, 6.45) is 6.63. The molecule has 1 amide bonds. The minimum atomic E-state index is -3.67. The second-order valence-corrected chi connectivity index (χ2v) is 8.73. The molecular weight excluding hydrogens is 336 g/mol. The first-order valence-electron chi connectivity index (χ1n) is 8.91. The van der Waals surface area contributed by atoms with Crippen LogP contribution in [-0.2, 0) is 14.8 Å². The number of nitrogens with one attached hydrogen (secondary N) is 1. The molecule has 0 spiro atoms. The average Bonchev–Trinajstić information content (AvgIpc) is 2.78. The number of nitrogens with zero attached hydrogens (tertiary/aromatic N) is 1. The van der Waals surface area contributed by atoms with Gasteiger partial charge in [-0.1, -0.05) is 49.9 Å². The van der Waals surface area contributed by atoms with Gasteiger partial charge >= 0.3 is 0 Å². The fourth-order valence-corrected chi connectivity index (χ4v) is 5.62. The SMILES string of the molecule is O=C(CN1c2cccc3cccc(c23)S1(=O)=O)NC1CCCCCC1. The summed E-state index contributed by atoms with van der Waals surface area (Å²) in [6, 6.07) is 10.9. The Labute approximate surface area is 148 Å². The lowest BCUT2D eigenvalue weighted by molar-refractivity contribution is -0.120. The minimum absolute atomic E-state index is 0.160. The van der Waals surface area contributed by atoms with E-state index in [1.807, 2.05) is 18.2 Å². The van der Waals surface area contributed by atoms with Crippen molar-refractivity contribution in [2.45, 2.75) is 49.5 Å². The standard InChI is InChI=1S/C19H22N2O3S/c22-18(20-15-9-3-1-2-4-10-15)13-21-16-11-5-7-14-8-6-12-17(19(14)16)25(21,23)24/h5-8,11-12,15H,1-4,9-10,13H2,(H,20,22). The summed E-state index contributed by atoms with van der Waals surface area (Å²) < 4.78 is 27.0. The fraction of sp³-hybridized carbons (Fsp3) is 0.421. The van der Waals surface area contributed by atoms with E-state index in [-0.39, 0.29) is 18.5 Å². The highest BCUT2D eigenvalue weighted by Crippen LogP contribution is 2.41. The highest BCUT2D eigenvalue weighted by Gasteiger charge is 2.36. The van der Waals surface area contributed by atoms with Crippen LogP contribution in [0.4, 0.5) is 5.69 Å². The molecule has 1 heterocycles. The monoisotopic (exact) mass is 358 g/mol. The van der Waals surface area contributed by atoms with Crippen molar-refractivity contribution >= 4 is 32.4 Å². The van der Waals surface area contributed by atoms with Crippen LogP contribution < -0.4 is 9.62 Å². The van der Waals surface area contributed by atoms with Gasteiger partial charge in [0.2, 0.25) is 5.91 Å². The first-order valence-corrected chi connectivity index (χ1v) is 10.4. The van der Waals surface area contributed by atoms with Crippen molar-refractivity contribution in [2.75, 3.05) is 10.8 Å². The smallest absolute Gasteiger partial charge is 0.265 e. The molecule has 0 aromatic heterocycles. The zero-order valence-corrected chi connectivity index (χ0v) is 14.9. The van der Waals surface area contributed by atoms with E-state index in [1.54, 1.807) is 18.2 Å². The van der Waals surface area contributed by atoms with Crippen LogP contribution in [0, 0.1) is 0 Å². The van der Waals surface area contributed by atoms with Gasteiger partial charge in [0.1, 0.15) is 6.54 Å². The van der Waals surface area contributed by atoms with E-state index in [9.17, 15) is 13.2 Å². The van der Waals surface area contributed by atoms with Gasteiger partial charge < -0.3 is 5.32 Å². The Bertz CT molecular complexity index is 910. The summed E-state index contributed by atoms with van der Waals surface area (Å²) in [5, 5.41) is 4.63. The van der Waals surface area contributed by atoms with Crippen molar-refractivity contribution in [3.63, 3.8) is 0 Å². The third kappa shape index (κ3) is 2.88. The molecule has 0 atom stereocenters. The van der Waals surface area contributed by atoms with E-state index < -0.39 is 10.0 Å². The number of hydrogen-bond acceptors (Lipinski definition) is 3. The van der Waals surface area contributed by atoms with Gasteiger partial charge in [-0.15, -0.1) is 0 Å². The zero-order chi connectivity index (χ0) is 17.4. The maximum absolute atomic E-state index is 12.9. The van der Waals surface area contributed by atoms with E-state index in [0.717, 1.165) is 31.1 Å². The Kier molecular flexibility index (Phi) is 4.15. The molecule has 2 aliphatic rings. The van der Waals surface area contributed by atoms with E-state index in [0.29, 0.717) is 16.0 Å². The Hall–Kier alpha value is -2.08. The second kappa shape index (κ2) is 6.33. The molecule has 132 valence electrons. The summed E-state index contributed by atoms with van der Waals surface area (Å²) in [5.41, 5.74) is 0.601. The Morgan fingerprint density at radius 2 is 1.72 bits per heavy atom. The summed E-state index contributed by atoms with van der Waals surface area (Å²) in [6.45, 7) is -0.160. The molecule has 0 unspecified atom stereocenters. The molecule has 0 radical (unpaired) electrons. The molecule has 1 fully saturated rings. The topological polar surface area (TPSA) is 66.5 Å². The van der Waals surface area contributed by atoms with Crippen molar-refractivity contribution in [2.24, 2.45) is 0 Å². The van der Waals surface area contributed by atoms with Crippen LogP contribution in [0.2, 0.25) is 0 Å². The summed E-state index contributed by atoms with van der Waals surface area (Å²) in [7, 11) is -3.67. The largest absolute Gasteiger partial charge is 0.352 e. The molecule has 1 saturated carbocycles. The third-order valence-electron chi connectivity index (χ3n) is 5.19. The first-order chi connectivity index (χ1) is 12.1. The van der Waals surface area contributed by atoms with E-state index >= 15 is 0 Å². The Balaban J connectivity index is 1.59. The summed E-state index contributed by atoms with van der Waals surface area (Å²) in [4.78, 5) is 12.8. The predicted octanol–water partition coefficient (Wildman–Crippen LogP) is 3.19. The fourth-order valence-electron chi connectivity index (χ4n) is 3.96. The van der Waals surface area contributed by atoms with Crippen LogP contribution in [0.15, 0.2) is 41.3 Å². The molecule has 4 rings (SSSR count). The number of rotatable bonds is 3. The minimum Gasteiger partial charge on any atom is -0.352 e. The number of carbonyl (C=O) groups is 1. The van der Waals surface area contributed by atoms with Crippen molar-refractivity contribution in [1.82, 2.24) is 5.32 Å². The number of carbonyl (C=O) groups excluding carboxylic acids is 1. The van der Waals surface area contributed by atoms with Gasteiger partial charge in [-0.25, -0.2) is 8.42 Å². The van der Waals surface area contributed by atoms with Crippen LogP contribution in [-0.4, -0.2) is 26.9 Å². The number of hydrogen-bond donors (Lipinski definition) is 1. The van der Waals surface area contributed by atoms with Crippen molar-refractivity contribution in [1.29, 1.82) is 0 Å². The lowest BCUT2D eigenvalue weighted by Gasteiger charge is -2.21. The van der Waals surface area contributed by atoms with Crippen LogP contribution in [0.25, 0.3) is 10.8 Å². The highest BCUT2D eigenvalue weighted by molar-refractivity contribution is 7.93. The van der Waals surface area contributed by atoms with Gasteiger partial charge in [0.25, 0.3) is 10.0 Å². The predicted molar refractivity (Wildman–Crippen MR) is 98.1 cm³/mol. The van der Waals surface area contributed by atoms with Crippen LogP contribution in [0.3, 0.4) is 0 Å². The number of anilines is 1. The second-order valence-electron chi connectivity index (χ2n) is 6.90. The summed E-state index contributed by atoms with van der Waals surface area (Å²) in [5.74, 6) is -0.222. The third-order valence-corrected chi connectivity index (χ3v) is 6.99. The number of benzene rings is 2. The van der Waals surface area contributed by atoms with Crippen LogP contribution in [0.1, 0.15) is 38.5 Å². The van der Waals surface area contributed by atoms with E-state index in [1.165, 1.54) is 17.1 Å². The lowest BCUT2D eigenvalue weighted by Crippen LogP contribution is -2.43. The number of sulfonamides is 1. The van der Waals surface area contributed by atoms with E-state index in [4.69, 9.17) is 0 Å². The van der Waals surface area contributed by atoms with Gasteiger partial charge in [0.15, 0.2) is 0 Å². The molecular formula is C19H22N2O3S. The van der Waals surface area contributed by atoms with Crippen molar-refractivity contribution in [3.05, 3.63) is 36.4 Å². The lowest BCUT2D eigenvalue weighted by atomic mass is 10.1. The van der Waals surface area contributed by atoms with Gasteiger partial charge in [0, 0.05) is 11.4 Å². The van der Waals surface area contributed by atoms with E-state index in [2.05, 4.69) is 5.32 Å². The first kappa shape index (κ1) is 16.4. The molecule has 6 heteroatoms. The molecule has 1 aliphatic carbocycles. The van der Waals surface area contributed by atoms with Crippen molar-refractivity contribution < 1.29 is 13.2 Å². The Morgan fingerprint density at radius 1 is 1.04 bits per heavy atom. The molecule has 5 nitrogen and oxygen atoms in total. The maximum Gasteiger partial charge on any atom is 0.265 e. The van der Waals surface area contributed by atoms with Gasteiger partial charge in [-0.05, 0) is 30.4 Å². The molecule has 25 heavy (non-hydrogen) atoms. The molecule has 0 bridgehead atoms.